The van der Waals surface area contributed by atoms with E-state index in [0.29, 0.717) is 11.7 Å². The topological polar surface area (TPSA) is 68.7 Å². The second-order valence-electron chi connectivity index (χ2n) is 9.21. The first-order valence-electron chi connectivity index (χ1n) is 11.6. The van der Waals surface area contributed by atoms with Crippen LogP contribution in [0, 0.1) is 5.92 Å². The Kier molecular flexibility index (Phi) is 6.17. The molecule has 3 aliphatic rings. The van der Waals surface area contributed by atoms with Crippen molar-refractivity contribution in [2.45, 2.75) is 56.5 Å². The lowest BCUT2D eigenvalue weighted by molar-refractivity contribution is 0.0146. The maximum atomic E-state index is 12.3. The van der Waals surface area contributed by atoms with Crippen LogP contribution in [0.2, 0.25) is 0 Å². The Morgan fingerprint density at radius 1 is 1.19 bits per heavy atom. The lowest BCUT2D eigenvalue weighted by atomic mass is 9.89. The summed E-state index contributed by atoms with van der Waals surface area (Å²) in [6.45, 7) is 1.48. The number of pyridine rings is 1. The van der Waals surface area contributed by atoms with E-state index in [-0.39, 0.29) is 18.3 Å². The van der Waals surface area contributed by atoms with Crippen LogP contribution in [-0.2, 0) is 27.7 Å². The van der Waals surface area contributed by atoms with E-state index in [1.54, 1.807) is 6.26 Å². The Labute approximate surface area is 191 Å². The summed E-state index contributed by atoms with van der Waals surface area (Å²) < 4.78 is 23.2. The molecule has 1 amide bonds. The normalized spacial score (nSPS) is 22.0. The Morgan fingerprint density at radius 2 is 1.94 bits per heavy atom. The molecule has 7 heteroatoms. The van der Waals surface area contributed by atoms with E-state index in [0.717, 1.165) is 67.8 Å². The predicted octanol–water partition coefficient (Wildman–Crippen LogP) is 4.33. The maximum Gasteiger partial charge on any atom is 0.410 e. The van der Waals surface area contributed by atoms with Crippen molar-refractivity contribution >= 4 is 16.9 Å². The molecule has 1 aliphatic carbocycles. The summed E-state index contributed by atoms with van der Waals surface area (Å²) >= 11 is 0. The van der Waals surface area contributed by atoms with Gasteiger partial charge < -0.3 is 14.4 Å². The number of rotatable bonds is 5. The standard InChI is InChI=1S/C25H30N2O4S/c1-32(29)16-17-5-7-18(8-6-17)22-13-20-14-23(31-24(20)15-26-22)19-9-11-27(12-10-19)25(28)30-21-3-2-4-21/h5-8,13,15,19,21,23H,2-4,9-12,14,16H2,1H3. The third kappa shape index (κ3) is 4.68. The number of amides is 1. The van der Waals surface area contributed by atoms with Crippen LogP contribution in [-0.4, -0.2) is 51.7 Å². The molecule has 0 radical (unpaired) electrons. The first-order chi connectivity index (χ1) is 15.5. The fourth-order valence-electron chi connectivity index (χ4n) is 4.76. The van der Waals surface area contributed by atoms with Crippen molar-refractivity contribution < 1.29 is 18.5 Å². The highest BCUT2D eigenvalue weighted by atomic mass is 32.2. The Hall–Kier alpha value is -2.41. The highest BCUT2D eigenvalue weighted by Crippen LogP contribution is 2.36. The van der Waals surface area contributed by atoms with Gasteiger partial charge in [0.1, 0.15) is 18.0 Å². The Balaban J connectivity index is 1.18. The number of piperidine rings is 1. The number of aromatic nitrogens is 1. The van der Waals surface area contributed by atoms with Crippen molar-refractivity contribution in [1.29, 1.82) is 0 Å². The quantitative estimate of drug-likeness (QED) is 0.673. The minimum Gasteiger partial charge on any atom is -0.488 e. The van der Waals surface area contributed by atoms with Crippen LogP contribution in [0.25, 0.3) is 11.3 Å². The molecular formula is C25H30N2O4S. The molecule has 6 nitrogen and oxygen atoms in total. The third-order valence-corrected chi connectivity index (χ3v) is 7.65. The summed E-state index contributed by atoms with van der Waals surface area (Å²) in [5.74, 6) is 1.89. The highest BCUT2D eigenvalue weighted by Gasteiger charge is 2.35. The number of benzene rings is 1. The molecule has 1 saturated carbocycles. The number of hydrogen-bond donors (Lipinski definition) is 0. The number of carbonyl (C=O) groups is 1. The minimum absolute atomic E-state index is 0.140. The van der Waals surface area contributed by atoms with Gasteiger partial charge in [0.05, 0.1) is 11.9 Å². The van der Waals surface area contributed by atoms with Crippen LogP contribution in [0.4, 0.5) is 4.79 Å². The van der Waals surface area contributed by atoms with E-state index in [9.17, 15) is 9.00 Å². The lowest BCUT2D eigenvalue weighted by Crippen LogP contribution is -2.44. The van der Waals surface area contributed by atoms with Crippen LogP contribution in [0.3, 0.4) is 0 Å². The molecule has 5 rings (SSSR count). The number of hydrogen-bond acceptors (Lipinski definition) is 5. The van der Waals surface area contributed by atoms with Crippen LogP contribution in [0.1, 0.15) is 43.2 Å². The minimum atomic E-state index is -0.841. The molecule has 2 aliphatic heterocycles. The second-order valence-corrected chi connectivity index (χ2v) is 10.6. The summed E-state index contributed by atoms with van der Waals surface area (Å²) in [5, 5.41) is 0. The average Bonchev–Trinajstić information content (AvgIpc) is 3.20. The summed E-state index contributed by atoms with van der Waals surface area (Å²) in [6.07, 6.45) is 9.66. The number of ether oxygens (including phenoxy) is 2. The summed E-state index contributed by atoms with van der Waals surface area (Å²) in [6, 6.07) is 10.3. The molecule has 1 aromatic heterocycles. The van der Waals surface area contributed by atoms with Gasteiger partial charge >= 0.3 is 6.09 Å². The molecule has 170 valence electrons. The number of fused-ring (bicyclic) bond motifs is 1. The highest BCUT2D eigenvalue weighted by molar-refractivity contribution is 7.83. The predicted molar refractivity (Wildman–Crippen MR) is 124 cm³/mol. The third-order valence-electron chi connectivity index (χ3n) is 6.91. The van der Waals surface area contributed by atoms with E-state index in [2.05, 4.69) is 11.1 Å². The Morgan fingerprint density at radius 3 is 2.59 bits per heavy atom. The van der Waals surface area contributed by atoms with Gasteiger partial charge in [0.15, 0.2) is 0 Å². The first kappa shape index (κ1) is 21.4. The first-order valence-corrected chi connectivity index (χ1v) is 13.3. The van der Waals surface area contributed by atoms with Gasteiger partial charge in [-0.3, -0.25) is 9.19 Å². The van der Waals surface area contributed by atoms with Gasteiger partial charge in [0.2, 0.25) is 0 Å². The van der Waals surface area contributed by atoms with Gasteiger partial charge in [0.25, 0.3) is 0 Å². The molecule has 1 aromatic carbocycles. The smallest absolute Gasteiger partial charge is 0.410 e. The summed E-state index contributed by atoms with van der Waals surface area (Å²) in [4.78, 5) is 18.8. The molecule has 0 spiro atoms. The van der Waals surface area contributed by atoms with Crippen molar-refractivity contribution in [2.75, 3.05) is 19.3 Å². The van der Waals surface area contributed by atoms with Gasteiger partial charge in [-0.2, -0.15) is 0 Å². The van der Waals surface area contributed by atoms with Gasteiger partial charge in [0, 0.05) is 53.4 Å². The molecule has 32 heavy (non-hydrogen) atoms. The van der Waals surface area contributed by atoms with Crippen LogP contribution >= 0.6 is 0 Å². The number of nitrogens with zero attached hydrogens (tertiary/aromatic N) is 2. The van der Waals surface area contributed by atoms with Crippen molar-refractivity contribution in [3.8, 4) is 17.0 Å². The van der Waals surface area contributed by atoms with Crippen LogP contribution < -0.4 is 4.74 Å². The molecule has 2 atom stereocenters. The fourth-order valence-corrected chi connectivity index (χ4v) is 5.42. The second kappa shape index (κ2) is 9.22. The largest absolute Gasteiger partial charge is 0.488 e. The van der Waals surface area contributed by atoms with E-state index in [1.807, 2.05) is 35.4 Å². The van der Waals surface area contributed by atoms with Crippen molar-refractivity contribution in [2.24, 2.45) is 5.92 Å². The molecule has 3 heterocycles. The number of carbonyl (C=O) groups excluding carboxylic acids is 1. The van der Waals surface area contributed by atoms with Gasteiger partial charge in [-0.05, 0) is 49.7 Å². The zero-order valence-electron chi connectivity index (χ0n) is 18.5. The van der Waals surface area contributed by atoms with Crippen LogP contribution in [0.5, 0.6) is 5.75 Å². The molecule has 0 N–H and O–H groups in total. The molecule has 2 fully saturated rings. The SMILES string of the molecule is CS(=O)Cc1ccc(-c2cc3c(cn2)OC(C2CCN(C(=O)OC4CCC4)CC2)C3)cc1. The number of likely N-dealkylation sites (tertiary alicyclic amines) is 1. The fraction of sp³-hybridized carbons (Fsp3) is 0.520. The van der Waals surface area contributed by atoms with Gasteiger partial charge in [-0.25, -0.2) is 4.79 Å². The van der Waals surface area contributed by atoms with Gasteiger partial charge in [-0.15, -0.1) is 0 Å². The zero-order valence-corrected chi connectivity index (χ0v) is 19.3. The van der Waals surface area contributed by atoms with E-state index in [4.69, 9.17) is 9.47 Å². The molecule has 0 bridgehead atoms. The van der Waals surface area contributed by atoms with Crippen LogP contribution in [0.15, 0.2) is 36.5 Å². The summed E-state index contributed by atoms with van der Waals surface area (Å²) in [5.41, 5.74) is 4.26. The van der Waals surface area contributed by atoms with E-state index < -0.39 is 10.8 Å². The van der Waals surface area contributed by atoms with E-state index >= 15 is 0 Å². The van der Waals surface area contributed by atoms with Crippen molar-refractivity contribution in [3.05, 3.63) is 47.7 Å². The van der Waals surface area contributed by atoms with Crippen molar-refractivity contribution in [3.63, 3.8) is 0 Å². The molecule has 1 saturated heterocycles. The molecule has 2 aromatic rings. The van der Waals surface area contributed by atoms with Gasteiger partial charge in [-0.1, -0.05) is 24.3 Å². The monoisotopic (exact) mass is 454 g/mol. The Bertz CT molecular complexity index is 998. The molecule has 2 unspecified atom stereocenters. The zero-order chi connectivity index (χ0) is 22.1. The van der Waals surface area contributed by atoms with Crippen molar-refractivity contribution in [1.82, 2.24) is 9.88 Å². The molecular weight excluding hydrogens is 424 g/mol. The lowest BCUT2D eigenvalue weighted by Gasteiger charge is -2.35. The summed E-state index contributed by atoms with van der Waals surface area (Å²) in [7, 11) is -0.841. The van der Waals surface area contributed by atoms with E-state index in [1.165, 1.54) is 12.0 Å². The average molecular weight is 455 g/mol. The maximum absolute atomic E-state index is 12.3.